The molecule has 1 saturated heterocycles. The van der Waals surface area contributed by atoms with Gasteiger partial charge in [-0.1, -0.05) is 0 Å². The molecule has 2 fully saturated rings. The van der Waals surface area contributed by atoms with Crippen LogP contribution in [0.25, 0.3) is 0 Å². The van der Waals surface area contributed by atoms with Gasteiger partial charge in [-0.25, -0.2) is 0 Å². The van der Waals surface area contributed by atoms with Crippen molar-refractivity contribution >= 4 is 5.97 Å². The highest BCUT2D eigenvalue weighted by molar-refractivity contribution is 5.66. The minimum atomic E-state index is -0.683. The predicted octanol–water partition coefficient (Wildman–Crippen LogP) is 1.35. The van der Waals surface area contributed by atoms with E-state index in [1.54, 1.807) is 0 Å². The van der Waals surface area contributed by atoms with E-state index in [0.717, 1.165) is 39.1 Å². The Kier molecular flexibility index (Phi) is 4.18. The van der Waals surface area contributed by atoms with Gasteiger partial charge in [0, 0.05) is 32.3 Å². The lowest BCUT2D eigenvalue weighted by Gasteiger charge is -2.29. The first-order valence-corrected chi connectivity index (χ1v) is 6.29. The van der Waals surface area contributed by atoms with Crippen molar-refractivity contribution in [2.45, 2.75) is 38.1 Å². The van der Waals surface area contributed by atoms with Gasteiger partial charge in [0.05, 0.1) is 6.42 Å². The number of carbonyl (C=O) groups is 1. The Labute approximate surface area is 96.6 Å². The normalized spacial score (nSPS) is 22.6. The first-order chi connectivity index (χ1) is 7.75. The summed E-state index contributed by atoms with van der Waals surface area (Å²) in [5.41, 5.74) is 0. The van der Waals surface area contributed by atoms with Gasteiger partial charge in [-0.2, -0.15) is 0 Å². The molecule has 1 saturated carbocycles. The molecule has 16 heavy (non-hydrogen) atoms. The lowest BCUT2D eigenvalue weighted by atomic mass is 9.99. The van der Waals surface area contributed by atoms with Crippen LogP contribution in [-0.4, -0.2) is 48.3 Å². The van der Waals surface area contributed by atoms with Crippen molar-refractivity contribution in [3.63, 3.8) is 0 Å². The van der Waals surface area contributed by atoms with E-state index < -0.39 is 5.97 Å². The second kappa shape index (κ2) is 5.64. The molecule has 0 atom stereocenters. The van der Waals surface area contributed by atoms with Crippen molar-refractivity contribution in [1.82, 2.24) is 4.90 Å². The van der Waals surface area contributed by atoms with Crippen molar-refractivity contribution in [2.24, 2.45) is 5.92 Å². The number of hydrogen-bond donors (Lipinski definition) is 1. The highest BCUT2D eigenvalue weighted by Crippen LogP contribution is 2.29. The molecule has 4 nitrogen and oxygen atoms in total. The molecule has 1 aliphatic heterocycles. The molecule has 0 spiro atoms. The third kappa shape index (κ3) is 3.76. The fourth-order valence-corrected chi connectivity index (χ4v) is 2.36. The number of rotatable bonds is 6. The van der Waals surface area contributed by atoms with Crippen molar-refractivity contribution in [1.29, 1.82) is 0 Å². The van der Waals surface area contributed by atoms with E-state index in [-0.39, 0.29) is 6.42 Å². The van der Waals surface area contributed by atoms with Crippen molar-refractivity contribution in [3.05, 3.63) is 0 Å². The molecule has 0 aromatic heterocycles. The molecule has 0 aromatic rings. The maximum absolute atomic E-state index is 10.6. The van der Waals surface area contributed by atoms with Gasteiger partial charge in [0.15, 0.2) is 0 Å². The van der Waals surface area contributed by atoms with E-state index in [9.17, 15) is 4.79 Å². The van der Waals surface area contributed by atoms with E-state index >= 15 is 0 Å². The van der Waals surface area contributed by atoms with Crippen molar-refractivity contribution in [3.8, 4) is 0 Å². The maximum atomic E-state index is 10.6. The summed E-state index contributed by atoms with van der Waals surface area (Å²) in [6, 6.07) is 0.669. The summed E-state index contributed by atoms with van der Waals surface area (Å²) >= 11 is 0. The maximum Gasteiger partial charge on any atom is 0.304 e. The van der Waals surface area contributed by atoms with E-state index in [1.807, 2.05) is 0 Å². The molecule has 2 aliphatic rings. The molecule has 0 bridgehead atoms. The van der Waals surface area contributed by atoms with Crippen LogP contribution in [0, 0.1) is 5.92 Å². The Morgan fingerprint density at radius 3 is 2.50 bits per heavy atom. The van der Waals surface area contributed by atoms with Gasteiger partial charge in [-0.3, -0.25) is 9.69 Å². The number of ether oxygens (including phenoxy) is 1. The molecule has 0 unspecified atom stereocenters. The predicted molar refractivity (Wildman–Crippen MR) is 60.4 cm³/mol. The summed E-state index contributed by atoms with van der Waals surface area (Å²) in [6.45, 7) is 3.54. The van der Waals surface area contributed by atoms with Crippen LogP contribution in [0.3, 0.4) is 0 Å². The molecule has 1 N–H and O–H groups in total. The lowest BCUT2D eigenvalue weighted by Crippen LogP contribution is -2.35. The smallest absolute Gasteiger partial charge is 0.304 e. The summed E-state index contributed by atoms with van der Waals surface area (Å²) in [5.74, 6) is 0.0285. The van der Waals surface area contributed by atoms with E-state index in [1.165, 1.54) is 12.8 Å². The van der Waals surface area contributed by atoms with Crippen LogP contribution in [0.5, 0.6) is 0 Å². The Morgan fingerprint density at radius 2 is 1.94 bits per heavy atom. The second-order valence-electron chi connectivity index (χ2n) is 4.93. The Hall–Kier alpha value is -0.610. The molecule has 4 heteroatoms. The molecule has 0 aromatic carbocycles. The van der Waals surface area contributed by atoms with Gasteiger partial charge in [-0.05, 0) is 31.6 Å². The van der Waals surface area contributed by atoms with Crippen LogP contribution < -0.4 is 0 Å². The van der Waals surface area contributed by atoms with Gasteiger partial charge in [-0.15, -0.1) is 0 Å². The zero-order valence-electron chi connectivity index (χ0n) is 9.73. The van der Waals surface area contributed by atoms with Gasteiger partial charge in [0.25, 0.3) is 0 Å². The Morgan fingerprint density at radius 1 is 1.25 bits per heavy atom. The monoisotopic (exact) mass is 227 g/mol. The summed E-state index contributed by atoms with van der Waals surface area (Å²) in [7, 11) is 0. The van der Waals surface area contributed by atoms with Crippen molar-refractivity contribution in [2.75, 3.05) is 26.3 Å². The molecule has 1 aliphatic carbocycles. The third-order valence-electron chi connectivity index (χ3n) is 3.51. The van der Waals surface area contributed by atoms with Gasteiger partial charge in [0.1, 0.15) is 0 Å². The number of aliphatic carboxylic acids is 1. The molecular weight excluding hydrogens is 206 g/mol. The molecule has 0 amide bonds. The van der Waals surface area contributed by atoms with Crippen LogP contribution in [0.15, 0.2) is 0 Å². The van der Waals surface area contributed by atoms with Crippen LogP contribution in [-0.2, 0) is 9.53 Å². The molecule has 0 radical (unpaired) electrons. The first-order valence-electron chi connectivity index (χ1n) is 6.29. The molecular formula is C12H21NO3. The zero-order chi connectivity index (χ0) is 11.4. The number of nitrogens with zero attached hydrogens (tertiary/aromatic N) is 1. The van der Waals surface area contributed by atoms with Crippen molar-refractivity contribution < 1.29 is 14.6 Å². The topological polar surface area (TPSA) is 49.8 Å². The summed E-state index contributed by atoms with van der Waals surface area (Å²) in [4.78, 5) is 13.0. The summed E-state index contributed by atoms with van der Waals surface area (Å²) in [6.07, 6.45) is 5.05. The van der Waals surface area contributed by atoms with E-state index in [4.69, 9.17) is 9.84 Å². The third-order valence-corrected chi connectivity index (χ3v) is 3.51. The molecule has 92 valence electrons. The van der Waals surface area contributed by atoms with Crippen LogP contribution in [0.1, 0.15) is 32.1 Å². The summed E-state index contributed by atoms with van der Waals surface area (Å²) in [5, 5.41) is 8.72. The fourth-order valence-electron chi connectivity index (χ4n) is 2.36. The highest BCUT2D eigenvalue weighted by atomic mass is 16.5. The minimum Gasteiger partial charge on any atom is -0.481 e. The van der Waals surface area contributed by atoms with Crippen LogP contribution >= 0.6 is 0 Å². The number of carboxylic acid groups (broad SMARTS) is 1. The average molecular weight is 227 g/mol. The molecule has 1 heterocycles. The average Bonchev–Trinajstić information content (AvgIpc) is 3.09. The number of carboxylic acids is 1. The number of hydrogen-bond acceptors (Lipinski definition) is 3. The van der Waals surface area contributed by atoms with Gasteiger partial charge >= 0.3 is 5.97 Å². The Balaban J connectivity index is 1.75. The quantitative estimate of drug-likeness (QED) is 0.744. The van der Waals surface area contributed by atoms with E-state index in [0.29, 0.717) is 12.0 Å². The standard InChI is InChI=1S/C12H21NO3/c14-12(15)3-6-13(11-1-2-11)9-10-4-7-16-8-5-10/h10-11H,1-9H2,(H,14,15). The van der Waals surface area contributed by atoms with Gasteiger partial charge in [0.2, 0.25) is 0 Å². The van der Waals surface area contributed by atoms with Crippen LogP contribution in [0.2, 0.25) is 0 Å². The molecule has 2 rings (SSSR count). The SMILES string of the molecule is O=C(O)CCN(CC1CCOCC1)C1CC1. The Bertz CT molecular complexity index is 234. The largest absolute Gasteiger partial charge is 0.481 e. The first kappa shape index (κ1) is 11.9. The summed E-state index contributed by atoms with van der Waals surface area (Å²) < 4.78 is 5.34. The second-order valence-corrected chi connectivity index (χ2v) is 4.93. The zero-order valence-corrected chi connectivity index (χ0v) is 9.73. The lowest BCUT2D eigenvalue weighted by molar-refractivity contribution is -0.137. The van der Waals surface area contributed by atoms with E-state index in [2.05, 4.69) is 4.90 Å². The fraction of sp³-hybridized carbons (Fsp3) is 0.917. The minimum absolute atomic E-state index is 0.277. The highest BCUT2D eigenvalue weighted by Gasteiger charge is 2.30. The van der Waals surface area contributed by atoms with Crippen LogP contribution in [0.4, 0.5) is 0 Å². The van der Waals surface area contributed by atoms with Gasteiger partial charge < -0.3 is 9.84 Å².